The molecule has 0 radical (unpaired) electrons. The number of sulfone groups is 1. The Balaban J connectivity index is 2.26. The van der Waals surface area contributed by atoms with Gasteiger partial charge in [-0.2, -0.15) is 0 Å². The zero-order valence-corrected chi connectivity index (χ0v) is 16.0. The summed E-state index contributed by atoms with van der Waals surface area (Å²) in [6.45, 7) is 1.58. The summed E-state index contributed by atoms with van der Waals surface area (Å²) in [5.74, 6) is 0.0106. The Labute approximate surface area is 156 Å². The smallest absolute Gasteiger partial charge is 0.251 e. The van der Waals surface area contributed by atoms with Crippen LogP contribution in [0.1, 0.15) is 22.8 Å². The summed E-state index contributed by atoms with van der Waals surface area (Å²) >= 11 is 11.9. The van der Waals surface area contributed by atoms with Gasteiger partial charge in [-0.15, -0.1) is 0 Å². The quantitative estimate of drug-likeness (QED) is 0.799. The molecule has 0 saturated heterocycles. The molecule has 0 atom stereocenters. The first kappa shape index (κ1) is 19.6. The van der Waals surface area contributed by atoms with Crippen LogP contribution in [0.25, 0.3) is 0 Å². The van der Waals surface area contributed by atoms with E-state index in [0.29, 0.717) is 26.9 Å². The lowest BCUT2D eigenvalue weighted by atomic mass is 10.2. The summed E-state index contributed by atoms with van der Waals surface area (Å²) in [6.07, 6.45) is 0. The fourth-order valence-corrected chi connectivity index (χ4v) is 3.77. The fraction of sp³-hybridized carbons (Fsp3) is 0.235. The summed E-state index contributed by atoms with van der Waals surface area (Å²) in [5.41, 5.74) is 0.739. The first-order valence-electron chi connectivity index (χ1n) is 7.40. The number of amides is 1. The minimum Gasteiger partial charge on any atom is -0.497 e. The number of hydrogen-bond donors (Lipinski definition) is 1. The summed E-state index contributed by atoms with van der Waals surface area (Å²) < 4.78 is 29.5. The average molecular weight is 402 g/mol. The molecule has 0 heterocycles. The Morgan fingerprint density at radius 1 is 1.12 bits per heavy atom. The Kier molecular flexibility index (Phi) is 6.32. The molecule has 2 rings (SSSR count). The molecule has 1 N–H and O–H groups in total. The van der Waals surface area contributed by atoms with Crippen molar-refractivity contribution in [3.8, 4) is 5.75 Å². The molecule has 2 aromatic rings. The highest BCUT2D eigenvalue weighted by atomic mass is 35.5. The van der Waals surface area contributed by atoms with Crippen LogP contribution in [0.2, 0.25) is 10.0 Å². The van der Waals surface area contributed by atoms with Crippen molar-refractivity contribution < 1.29 is 17.9 Å². The normalized spacial score (nSPS) is 11.2. The predicted molar refractivity (Wildman–Crippen MR) is 98.4 cm³/mol. The zero-order chi connectivity index (χ0) is 18.6. The molecule has 0 aliphatic heterocycles. The molecular formula is C17H17Cl2NO4S. The summed E-state index contributed by atoms with van der Waals surface area (Å²) in [4.78, 5) is 12.5. The van der Waals surface area contributed by atoms with Crippen molar-refractivity contribution in [2.45, 2.75) is 18.4 Å². The third-order valence-electron chi connectivity index (χ3n) is 3.55. The molecule has 1 amide bonds. The standard InChI is InChI=1S/C17H17Cl2NO4S/c1-3-25(22,23)16-5-4-13(18)7-12(16)10-20-17(21)11-6-14(19)9-15(8-11)24-2/h4-9H,3,10H2,1-2H3,(H,20,21). The Morgan fingerprint density at radius 3 is 2.48 bits per heavy atom. The molecule has 0 spiro atoms. The molecule has 0 bridgehead atoms. The molecule has 0 saturated carbocycles. The van der Waals surface area contributed by atoms with Gasteiger partial charge in [-0.3, -0.25) is 4.79 Å². The molecule has 0 aromatic heterocycles. The highest BCUT2D eigenvalue weighted by Gasteiger charge is 2.18. The highest BCUT2D eigenvalue weighted by Crippen LogP contribution is 2.23. The average Bonchev–Trinajstić information content (AvgIpc) is 2.58. The van der Waals surface area contributed by atoms with Crippen LogP contribution in [0, 0.1) is 0 Å². The number of benzene rings is 2. The molecule has 0 fully saturated rings. The lowest BCUT2D eigenvalue weighted by Crippen LogP contribution is -2.24. The van der Waals surface area contributed by atoms with Gasteiger partial charge in [-0.05, 0) is 42.0 Å². The third kappa shape index (κ3) is 4.87. The van der Waals surface area contributed by atoms with Crippen molar-refractivity contribution >= 4 is 38.9 Å². The number of halogens is 2. The Morgan fingerprint density at radius 2 is 1.84 bits per heavy atom. The van der Waals surface area contributed by atoms with Crippen molar-refractivity contribution in [1.29, 1.82) is 0 Å². The molecule has 2 aromatic carbocycles. The predicted octanol–water partition coefficient (Wildman–Crippen LogP) is 3.73. The maximum atomic E-state index is 12.3. The van der Waals surface area contributed by atoms with E-state index >= 15 is 0 Å². The second-order valence-corrected chi connectivity index (χ2v) is 8.34. The molecule has 0 aliphatic carbocycles. The van der Waals surface area contributed by atoms with E-state index in [9.17, 15) is 13.2 Å². The number of nitrogens with one attached hydrogen (secondary N) is 1. The lowest BCUT2D eigenvalue weighted by Gasteiger charge is -2.12. The first-order chi connectivity index (χ1) is 11.8. The van der Waals surface area contributed by atoms with Gasteiger partial charge in [0.05, 0.1) is 17.8 Å². The van der Waals surface area contributed by atoms with Gasteiger partial charge in [-0.1, -0.05) is 30.1 Å². The van der Waals surface area contributed by atoms with Gasteiger partial charge < -0.3 is 10.1 Å². The van der Waals surface area contributed by atoms with Gasteiger partial charge in [-0.25, -0.2) is 8.42 Å². The number of methoxy groups -OCH3 is 1. The maximum absolute atomic E-state index is 12.3. The third-order valence-corrected chi connectivity index (χ3v) is 5.83. The molecule has 5 nitrogen and oxygen atoms in total. The summed E-state index contributed by atoms with van der Waals surface area (Å²) in [5, 5.41) is 3.44. The lowest BCUT2D eigenvalue weighted by molar-refractivity contribution is 0.0950. The molecule has 0 aliphatic rings. The van der Waals surface area contributed by atoms with Gasteiger partial charge in [0, 0.05) is 22.2 Å². The van der Waals surface area contributed by atoms with Gasteiger partial charge in [0.25, 0.3) is 5.91 Å². The summed E-state index contributed by atoms with van der Waals surface area (Å²) in [7, 11) is -1.95. The van der Waals surface area contributed by atoms with Gasteiger partial charge in [0.2, 0.25) is 0 Å². The summed E-state index contributed by atoms with van der Waals surface area (Å²) in [6, 6.07) is 9.12. The van der Waals surface area contributed by atoms with E-state index < -0.39 is 15.7 Å². The number of carbonyl (C=O) groups is 1. The van der Waals surface area contributed by atoms with Gasteiger partial charge in [0.15, 0.2) is 9.84 Å². The monoisotopic (exact) mass is 401 g/mol. The van der Waals surface area contributed by atoms with E-state index in [1.165, 1.54) is 31.4 Å². The van der Waals surface area contributed by atoms with E-state index in [4.69, 9.17) is 27.9 Å². The molecule has 25 heavy (non-hydrogen) atoms. The van der Waals surface area contributed by atoms with E-state index in [2.05, 4.69) is 5.32 Å². The van der Waals surface area contributed by atoms with E-state index in [1.54, 1.807) is 19.1 Å². The van der Waals surface area contributed by atoms with Crippen molar-refractivity contribution in [2.75, 3.05) is 12.9 Å². The minimum absolute atomic E-state index is 0.0167. The van der Waals surface area contributed by atoms with Crippen LogP contribution in [0.3, 0.4) is 0 Å². The number of carbonyl (C=O) groups excluding carboxylic acids is 1. The van der Waals surface area contributed by atoms with Crippen LogP contribution >= 0.6 is 23.2 Å². The van der Waals surface area contributed by atoms with Crippen LogP contribution in [-0.4, -0.2) is 27.2 Å². The molecule has 134 valence electrons. The van der Waals surface area contributed by atoms with Gasteiger partial charge in [0.1, 0.15) is 5.75 Å². The fourth-order valence-electron chi connectivity index (χ4n) is 2.23. The minimum atomic E-state index is -3.43. The second kappa shape index (κ2) is 8.08. The topological polar surface area (TPSA) is 72.5 Å². The Bertz CT molecular complexity index is 898. The largest absolute Gasteiger partial charge is 0.497 e. The van der Waals surface area contributed by atoms with E-state index in [1.807, 2.05) is 0 Å². The van der Waals surface area contributed by atoms with Crippen LogP contribution in [0.5, 0.6) is 5.75 Å². The SMILES string of the molecule is CCS(=O)(=O)c1ccc(Cl)cc1CNC(=O)c1cc(Cl)cc(OC)c1. The number of hydrogen-bond acceptors (Lipinski definition) is 4. The van der Waals surface area contributed by atoms with Crippen LogP contribution in [0.15, 0.2) is 41.3 Å². The number of rotatable bonds is 6. The second-order valence-electron chi connectivity index (χ2n) is 5.22. The maximum Gasteiger partial charge on any atom is 0.251 e. The van der Waals surface area contributed by atoms with Crippen molar-refractivity contribution in [3.05, 3.63) is 57.6 Å². The van der Waals surface area contributed by atoms with Crippen molar-refractivity contribution in [3.63, 3.8) is 0 Å². The van der Waals surface area contributed by atoms with Gasteiger partial charge >= 0.3 is 0 Å². The van der Waals surface area contributed by atoms with Crippen LogP contribution in [-0.2, 0) is 16.4 Å². The molecule has 8 heteroatoms. The zero-order valence-electron chi connectivity index (χ0n) is 13.7. The molecule has 0 unspecified atom stereocenters. The highest BCUT2D eigenvalue weighted by molar-refractivity contribution is 7.91. The molecular weight excluding hydrogens is 385 g/mol. The van der Waals surface area contributed by atoms with Crippen molar-refractivity contribution in [1.82, 2.24) is 5.32 Å². The van der Waals surface area contributed by atoms with Crippen LogP contribution in [0.4, 0.5) is 0 Å². The van der Waals surface area contributed by atoms with Crippen LogP contribution < -0.4 is 10.1 Å². The first-order valence-corrected chi connectivity index (χ1v) is 9.81. The number of ether oxygens (including phenoxy) is 1. The van der Waals surface area contributed by atoms with E-state index in [0.717, 1.165) is 0 Å². The Hall–Kier alpha value is -1.76. The van der Waals surface area contributed by atoms with E-state index in [-0.39, 0.29) is 17.2 Å². The van der Waals surface area contributed by atoms with Crippen molar-refractivity contribution in [2.24, 2.45) is 0 Å².